The SMILES string of the molecule is CC(=O)O[C@H]1[C@H](Oc2ccccc2COC(=O)Oc2ccc([N+](=O)[O-])cc2)O[C@H](C)[C@@H](C)[C@@H]1OC(C)=O. The molecule has 0 aromatic heterocycles. The molecule has 37 heavy (non-hydrogen) atoms. The number of benzene rings is 2. The van der Waals surface area contributed by atoms with Gasteiger partial charge in [-0.05, 0) is 25.1 Å². The molecule has 0 spiro atoms. The van der Waals surface area contributed by atoms with Gasteiger partial charge in [0.05, 0.1) is 11.0 Å². The molecule has 12 nitrogen and oxygen atoms in total. The molecule has 198 valence electrons. The summed E-state index contributed by atoms with van der Waals surface area (Å²) in [6.45, 7) is 5.83. The molecule has 1 heterocycles. The van der Waals surface area contributed by atoms with Gasteiger partial charge in [0.15, 0.2) is 0 Å². The van der Waals surface area contributed by atoms with Crippen molar-refractivity contribution in [3.8, 4) is 11.5 Å². The number of para-hydroxylation sites is 1. The topological polar surface area (TPSA) is 150 Å². The number of non-ortho nitro benzene ring substituents is 1. The van der Waals surface area contributed by atoms with Crippen LogP contribution in [0.15, 0.2) is 48.5 Å². The first kappa shape index (κ1) is 27.4. The van der Waals surface area contributed by atoms with E-state index < -0.39 is 47.6 Å². The molecule has 3 rings (SSSR count). The van der Waals surface area contributed by atoms with E-state index in [1.54, 1.807) is 31.2 Å². The lowest BCUT2D eigenvalue weighted by molar-refractivity contribution is -0.384. The van der Waals surface area contributed by atoms with Gasteiger partial charge in [0.25, 0.3) is 5.69 Å². The fraction of sp³-hybridized carbons (Fsp3) is 0.400. The number of ether oxygens (including phenoxy) is 6. The second-order valence-electron chi connectivity index (χ2n) is 8.33. The average molecular weight is 517 g/mol. The lowest BCUT2D eigenvalue weighted by Gasteiger charge is -2.43. The first-order valence-corrected chi connectivity index (χ1v) is 11.4. The number of hydrogen-bond donors (Lipinski definition) is 0. The standard InChI is InChI=1S/C25H27NO11/c1-14-15(2)33-24(23(35-17(4)28)22(14)34-16(3)27)37-21-8-6-5-7-18(21)13-32-25(29)36-20-11-9-19(10-12-20)26(30)31/h5-12,14-15,22-24H,13H2,1-4H3/t14-,15-,22+,23-,24+/m1/s1. The van der Waals surface area contributed by atoms with Crippen molar-refractivity contribution in [2.45, 2.75) is 58.9 Å². The quantitative estimate of drug-likeness (QED) is 0.165. The fourth-order valence-corrected chi connectivity index (χ4v) is 3.67. The van der Waals surface area contributed by atoms with Gasteiger partial charge >= 0.3 is 18.1 Å². The molecular weight excluding hydrogens is 490 g/mol. The molecule has 2 aromatic carbocycles. The van der Waals surface area contributed by atoms with Gasteiger partial charge in [-0.25, -0.2) is 4.79 Å². The predicted octanol–water partition coefficient (Wildman–Crippen LogP) is 3.93. The van der Waals surface area contributed by atoms with Crippen LogP contribution < -0.4 is 9.47 Å². The summed E-state index contributed by atoms with van der Waals surface area (Å²) in [4.78, 5) is 45.8. The van der Waals surface area contributed by atoms with Gasteiger partial charge in [-0.1, -0.05) is 25.1 Å². The summed E-state index contributed by atoms with van der Waals surface area (Å²) in [6, 6.07) is 11.6. The van der Waals surface area contributed by atoms with Gasteiger partial charge in [0.2, 0.25) is 12.4 Å². The van der Waals surface area contributed by atoms with E-state index in [-0.39, 0.29) is 29.7 Å². The van der Waals surface area contributed by atoms with Crippen molar-refractivity contribution in [3.63, 3.8) is 0 Å². The first-order chi connectivity index (χ1) is 17.5. The zero-order valence-corrected chi connectivity index (χ0v) is 20.7. The van der Waals surface area contributed by atoms with Crippen molar-refractivity contribution in [2.75, 3.05) is 0 Å². The maximum Gasteiger partial charge on any atom is 0.514 e. The number of rotatable bonds is 8. The molecular formula is C25H27NO11. The van der Waals surface area contributed by atoms with Gasteiger partial charge in [-0.2, -0.15) is 0 Å². The highest BCUT2D eigenvalue weighted by Gasteiger charge is 2.48. The van der Waals surface area contributed by atoms with Crippen LogP contribution in [0.1, 0.15) is 33.3 Å². The maximum absolute atomic E-state index is 12.2. The van der Waals surface area contributed by atoms with Crippen molar-refractivity contribution in [2.24, 2.45) is 5.92 Å². The Morgan fingerprint density at radius 1 is 0.946 bits per heavy atom. The number of carbonyl (C=O) groups excluding carboxylic acids is 3. The van der Waals surface area contributed by atoms with Gasteiger partial charge < -0.3 is 28.4 Å². The minimum absolute atomic E-state index is 0.0691. The van der Waals surface area contributed by atoms with Crippen molar-refractivity contribution in [1.82, 2.24) is 0 Å². The predicted molar refractivity (Wildman–Crippen MR) is 126 cm³/mol. The van der Waals surface area contributed by atoms with Crippen molar-refractivity contribution in [3.05, 3.63) is 64.2 Å². The van der Waals surface area contributed by atoms with Crippen molar-refractivity contribution in [1.29, 1.82) is 0 Å². The molecule has 1 fully saturated rings. The summed E-state index contributed by atoms with van der Waals surface area (Å²) in [7, 11) is 0. The van der Waals surface area contributed by atoms with Crippen LogP contribution in [0.3, 0.4) is 0 Å². The van der Waals surface area contributed by atoms with Crippen LogP contribution in [0.4, 0.5) is 10.5 Å². The number of nitro benzene ring substituents is 1. The third kappa shape index (κ3) is 7.40. The second kappa shape index (κ2) is 12.2. The molecule has 0 amide bonds. The number of nitrogens with zero attached hydrogens (tertiary/aromatic N) is 1. The Morgan fingerprint density at radius 2 is 1.57 bits per heavy atom. The minimum Gasteiger partial charge on any atom is -0.460 e. The van der Waals surface area contributed by atoms with E-state index in [1.807, 2.05) is 6.92 Å². The van der Waals surface area contributed by atoms with E-state index in [0.29, 0.717) is 5.56 Å². The van der Waals surface area contributed by atoms with E-state index >= 15 is 0 Å². The van der Waals surface area contributed by atoms with Gasteiger partial charge in [0, 0.05) is 37.5 Å². The van der Waals surface area contributed by atoms with Crippen LogP contribution in [0.2, 0.25) is 0 Å². The van der Waals surface area contributed by atoms with Crippen molar-refractivity contribution >= 4 is 23.8 Å². The lowest BCUT2D eigenvalue weighted by atomic mass is 9.91. The molecule has 1 saturated heterocycles. The molecule has 5 atom stereocenters. The Labute approximate surface area is 212 Å². The minimum atomic E-state index is -1.12. The summed E-state index contributed by atoms with van der Waals surface area (Å²) in [6.07, 6.45) is -4.41. The Kier molecular flexibility index (Phi) is 9.01. The zero-order chi connectivity index (χ0) is 27.1. The molecule has 0 aliphatic carbocycles. The van der Waals surface area contributed by atoms with E-state index in [1.165, 1.54) is 38.1 Å². The van der Waals surface area contributed by atoms with Crippen LogP contribution in [-0.4, -0.2) is 47.6 Å². The average Bonchev–Trinajstić information content (AvgIpc) is 2.84. The van der Waals surface area contributed by atoms with Crippen LogP contribution in [0.5, 0.6) is 11.5 Å². The van der Waals surface area contributed by atoms with E-state index in [4.69, 9.17) is 28.4 Å². The Morgan fingerprint density at radius 3 is 2.19 bits per heavy atom. The molecule has 0 N–H and O–H groups in total. The van der Waals surface area contributed by atoms with Crippen molar-refractivity contribution < 1.29 is 47.7 Å². The van der Waals surface area contributed by atoms with Crippen LogP contribution >= 0.6 is 0 Å². The molecule has 1 aliphatic rings. The third-order valence-corrected chi connectivity index (χ3v) is 5.61. The monoisotopic (exact) mass is 517 g/mol. The highest BCUT2D eigenvalue weighted by Crippen LogP contribution is 2.33. The summed E-state index contributed by atoms with van der Waals surface area (Å²) in [5.74, 6) is -1.09. The first-order valence-electron chi connectivity index (χ1n) is 11.4. The molecule has 1 aliphatic heterocycles. The smallest absolute Gasteiger partial charge is 0.460 e. The third-order valence-electron chi connectivity index (χ3n) is 5.61. The van der Waals surface area contributed by atoms with Crippen LogP contribution in [0.25, 0.3) is 0 Å². The Balaban J connectivity index is 1.71. The fourth-order valence-electron chi connectivity index (χ4n) is 3.67. The molecule has 12 heteroatoms. The summed E-state index contributed by atoms with van der Waals surface area (Å²) < 4.78 is 33.1. The second-order valence-corrected chi connectivity index (χ2v) is 8.33. The molecule has 0 unspecified atom stereocenters. The summed E-state index contributed by atoms with van der Waals surface area (Å²) in [5.41, 5.74) is 0.298. The largest absolute Gasteiger partial charge is 0.514 e. The van der Waals surface area contributed by atoms with Gasteiger partial charge in [0.1, 0.15) is 24.2 Å². The van der Waals surface area contributed by atoms with Crippen LogP contribution in [-0.2, 0) is 35.1 Å². The normalized spacial score (nSPS) is 22.9. The Hall–Kier alpha value is -4.19. The van der Waals surface area contributed by atoms with Gasteiger partial charge in [-0.3, -0.25) is 19.7 Å². The lowest BCUT2D eigenvalue weighted by Crippen LogP contribution is -2.57. The highest BCUT2D eigenvalue weighted by molar-refractivity contribution is 5.67. The zero-order valence-electron chi connectivity index (χ0n) is 20.7. The maximum atomic E-state index is 12.2. The van der Waals surface area contributed by atoms with E-state index in [9.17, 15) is 24.5 Å². The number of carbonyl (C=O) groups is 3. The summed E-state index contributed by atoms with van der Waals surface area (Å²) >= 11 is 0. The number of hydrogen-bond acceptors (Lipinski definition) is 11. The van der Waals surface area contributed by atoms with Crippen LogP contribution in [0, 0.1) is 16.0 Å². The molecule has 0 saturated carbocycles. The Bertz CT molecular complexity index is 1130. The molecule has 2 aromatic rings. The molecule has 0 radical (unpaired) electrons. The van der Waals surface area contributed by atoms with E-state index in [0.717, 1.165) is 0 Å². The highest BCUT2D eigenvalue weighted by atomic mass is 16.7. The van der Waals surface area contributed by atoms with Gasteiger partial charge in [-0.15, -0.1) is 0 Å². The number of esters is 2. The molecule has 0 bridgehead atoms. The van der Waals surface area contributed by atoms with E-state index in [2.05, 4.69) is 0 Å². The number of nitro groups is 1. The summed E-state index contributed by atoms with van der Waals surface area (Å²) in [5, 5.41) is 10.7.